The first-order valence-electron chi connectivity index (χ1n) is 5.94. The van der Waals surface area contributed by atoms with Gasteiger partial charge in [0, 0.05) is 12.5 Å². The largest absolute Gasteiger partial charge is 0.373 e. The van der Waals surface area contributed by atoms with Crippen LogP contribution in [0.4, 0.5) is 0 Å². The monoisotopic (exact) mass is 248 g/mol. The molecular weight excluding hydrogens is 232 g/mol. The molecule has 1 saturated heterocycles. The van der Waals surface area contributed by atoms with Crippen LogP contribution in [0.3, 0.4) is 0 Å². The SMILES string of the molecule is CCC1CCOC(c2ccccc2)C1=O.O=C=O. The lowest BCUT2D eigenvalue weighted by molar-refractivity contribution is -0.191. The van der Waals surface area contributed by atoms with Gasteiger partial charge in [0.2, 0.25) is 0 Å². The molecule has 1 aliphatic heterocycles. The van der Waals surface area contributed by atoms with Crippen LogP contribution in [0.15, 0.2) is 30.3 Å². The highest BCUT2D eigenvalue weighted by atomic mass is 16.5. The average Bonchev–Trinajstić information content (AvgIpc) is 2.41. The van der Waals surface area contributed by atoms with E-state index in [0.717, 1.165) is 18.4 Å². The van der Waals surface area contributed by atoms with Crippen LogP contribution in [0.5, 0.6) is 0 Å². The Bertz CT molecular complexity index is 407. The van der Waals surface area contributed by atoms with E-state index in [2.05, 4.69) is 6.92 Å². The Morgan fingerprint density at radius 2 is 1.89 bits per heavy atom. The van der Waals surface area contributed by atoms with Crippen molar-refractivity contribution in [3.8, 4) is 0 Å². The van der Waals surface area contributed by atoms with E-state index in [1.54, 1.807) is 0 Å². The van der Waals surface area contributed by atoms with Crippen LogP contribution in [-0.4, -0.2) is 18.5 Å². The smallest absolute Gasteiger partial charge is 0.366 e. The fourth-order valence-electron chi connectivity index (χ4n) is 2.06. The molecule has 0 spiro atoms. The van der Waals surface area contributed by atoms with Crippen LogP contribution in [0.1, 0.15) is 31.4 Å². The molecule has 1 aliphatic rings. The second-order valence-corrected chi connectivity index (χ2v) is 4.04. The van der Waals surface area contributed by atoms with Gasteiger partial charge in [-0.15, -0.1) is 0 Å². The zero-order valence-corrected chi connectivity index (χ0v) is 10.3. The molecule has 0 radical (unpaired) electrons. The van der Waals surface area contributed by atoms with Crippen molar-refractivity contribution < 1.29 is 19.1 Å². The molecule has 0 saturated carbocycles. The van der Waals surface area contributed by atoms with Gasteiger partial charge >= 0.3 is 6.15 Å². The minimum Gasteiger partial charge on any atom is -0.366 e. The summed E-state index contributed by atoms with van der Waals surface area (Å²) in [6, 6.07) is 9.76. The van der Waals surface area contributed by atoms with E-state index >= 15 is 0 Å². The fourth-order valence-corrected chi connectivity index (χ4v) is 2.06. The number of benzene rings is 1. The summed E-state index contributed by atoms with van der Waals surface area (Å²) in [5, 5.41) is 0. The number of hydrogen-bond acceptors (Lipinski definition) is 4. The second kappa shape index (κ2) is 7.54. The summed E-state index contributed by atoms with van der Waals surface area (Å²) >= 11 is 0. The third kappa shape index (κ3) is 3.62. The molecule has 1 heterocycles. The minimum atomic E-state index is -0.329. The molecule has 2 unspecified atom stereocenters. The van der Waals surface area contributed by atoms with Crippen LogP contribution in [0, 0.1) is 5.92 Å². The summed E-state index contributed by atoms with van der Waals surface area (Å²) in [5.74, 6) is 0.430. The molecule has 4 heteroatoms. The van der Waals surface area contributed by atoms with E-state index in [9.17, 15) is 4.79 Å². The normalized spacial score (nSPS) is 22.6. The molecule has 0 amide bonds. The highest BCUT2D eigenvalue weighted by Crippen LogP contribution is 2.29. The molecule has 1 fully saturated rings. The standard InChI is InChI=1S/C13H16O2.CO2/c1-2-10-8-9-15-13(12(10)14)11-6-4-3-5-7-11;2-1-3/h3-7,10,13H,2,8-9H2,1H3;. The Hall–Kier alpha value is -1.77. The van der Waals surface area contributed by atoms with Crippen molar-refractivity contribution in [2.24, 2.45) is 5.92 Å². The molecule has 96 valence electrons. The Labute approximate surface area is 106 Å². The summed E-state index contributed by atoms with van der Waals surface area (Å²) in [6.07, 6.45) is 1.72. The summed E-state index contributed by atoms with van der Waals surface area (Å²) in [6.45, 7) is 2.76. The number of ether oxygens (including phenoxy) is 1. The first kappa shape index (κ1) is 14.3. The Morgan fingerprint density at radius 3 is 2.44 bits per heavy atom. The third-order valence-corrected chi connectivity index (χ3v) is 3.01. The lowest BCUT2D eigenvalue weighted by atomic mass is 9.89. The zero-order chi connectivity index (χ0) is 13.4. The van der Waals surface area contributed by atoms with E-state index in [1.165, 1.54) is 0 Å². The molecule has 2 rings (SSSR count). The van der Waals surface area contributed by atoms with E-state index in [-0.39, 0.29) is 24.0 Å². The molecule has 4 nitrogen and oxygen atoms in total. The molecule has 0 aromatic heterocycles. The Kier molecular flexibility index (Phi) is 5.98. The topological polar surface area (TPSA) is 60.4 Å². The van der Waals surface area contributed by atoms with Gasteiger partial charge in [0.25, 0.3) is 0 Å². The van der Waals surface area contributed by atoms with Crippen molar-refractivity contribution in [3.63, 3.8) is 0 Å². The van der Waals surface area contributed by atoms with Gasteiger partial charge in [-0.05, 0) is 18.4 Å². The molecule has 1 aromatic carbocycles. The molecule has 0 N–H and O–H groups in total. The van der Waals surface area contributed by atoms with Crippen molar-refractivity contribution in [1.29, 1.82) is 0 Å². The highest BCUT2D eigenvalue weighted by Gasteiger charge is 2.31. The van der Waals surface area contributed by atoms with Crippen LogP contribution < -0.4 is 0 Å². The quantitative estimate of drug-likeness (QED) is 0.804. The van der Waals surface area contributed by atoms with Crippen molar-refractivity contribution in [3.05, 3.63) is 35.9 Å². The number of carbonyl (C=O) groups is 1. The molecule has 18 heavy (non-hydrogen) atoms. The van der Waals surface area contributed by atoms with E-state index in [4.69, 9.17) is 14.3 Å². The summed E-state index contributed by atoms with van der Waals surface area (Å²) in [5.41, 5.74) is 0.987. The number of Topliss-reactive ketones (excluding diaryl/α,β-unsaturated/α-hetero) is 1. The summed E-state index contributed by atoms with van der Waals surface area (Å²) in [7, 11) is 0. The number of ketones is 1. The predicted octanol–water partition coefficient (Wildman–Crippen LogP) is 2.16. The summed E-state index contributed by atoms with van der Waals surface area (Å²) < 4.78 is 5.56. The Balaban J connectivity index is 0.000000492. The maximum absolute atomic E-state index is 12.0. The summed E-state index contributed by atoms with van der Waals surface area (Å²) in [4.78, 5) is 28.3. The maximum Gasteiger partial charge on any atom is 0.373 e. The molecule has 1 aromatic rings. The molecule has 0 bridgehead atoms. The van der Waals surface area contributed by atoms with Gasteiger partial charge in [-0.2, -0.15) is 9.59 Å². The van der Waals surface area contributed by atoms with E-state index < -0.39 is 0 Å². The average molecular weight is 248 g/mol. The van der Waals surface area contributed by atoms with Crippen molar-refractivity contribution in [2.75, 3.05) is 6.61 Å². The lowest BCUT2D eigenvalue weighted by Crippen LogP contribution is -2.30. The van der Waals surface area contributed by atoms with Crippen molar-refractivity contribution in [1.82, 2.24) is 0 Å². The van der Waals surface area contributed by atoms with Crippen LogP contribution in [-0.2, 0) is 19.1 Å². The van der Waals surface area contributed by atoms with Gasteiger partial charge < -0.3 is 4.74 Å². The predicted molar refractivity (Wildman–Crippen MR) is 63.5 cm³/mol. The van der Waals surface area contributed by atoms with Crippen LogP contribution in [0.25, 0.3) is 0 Å². The maximum atomic E-state index is 12.0. The zero-order valence-electron chi connectivity index (χ0n) is 10.3. The van der Waals surface area contributed by atoms with E-state index in [0.29, 0.717) is 6.61 Å². The van der Waals surface area contributed by atoms with Gasteiger partial charge in [0.05, 0.1) is 0 Å². The number of carbonyl (C=O) groups excluding carboxylic acids is 3. The second-order valence-electron chi connectivity index (χ2n) is 4.04. The molecule has 2 atom stereocenters. The van der Waals surface area contributed by atoms with Crippen molar-refractivity contribution >= 4 is 11.9 Å². The Morgan fingerprint density at radius 1 is 1.28 bits per heavy atom. The highest BCUT2D eigenvalue weighted by molar-refractivity contribution is 5.87. The van der Waals surface area contributed by atoms with Crippen LogP contribution in [0.2, 0.25) is 0 Å². The van der Waals surface area contributed by atoms with Gasteiger partial charge in [-0.25, -0.2) is 0 Å². The van der Waals surface area contributed by atoms with E-state index in [1.807, 2.05) is 30.3 Å². The number of hydrogen-bond donors (Lipinski definition) is 0. The fraction of sp³-hybridized carbons (Fsp3) is 0.429. The lowest BCUT2D eigenvalue weighted by Gasteiger charge is -2.27. The van der Waals surface area contributed by atoms with Gasteiger partial charge in [0.15, 0.2) is 5.78 Å². The minimum absolute atomic E-state index is 0.184. The van der Waals surface area contributed by atoms with Gasteiger partial charge in [0.1, 0.15) is 6.10 Å². The molecular formula is C14H16O4. The third-order valence-electron chi connectivity index (χ3n) is 3.01. The first-order chi connectivity index (χ1) is 8.74. The first-order valence-corrected chi connectivity index (χ1v) is 5.94. The van der Waals surface area contributed by atoms with Crippen molar-refractivity contribution in [2.45, 2.75) is 25.9 Å². The van der Waals surface area contributed by atoms with Crippen LogP contribution >= 0.6 is 0 Å². The van der Waals surface area contributed by atoms with Gasteiger partial charge in [-0.3, -0.25) is 4.79 Å². The number of rotatable bonds is 2. The molecule has 0 aliphatic carbocycles. The van der Waals surface area contributed by atoms with Gasteiger partial charge in [-0.1, -0.05) is 37.3 Å².